The molecule has 5 rings (SSSR count). The van der Waals surface area contributed by atoms with E-state index in [1.807, 2.05) is 72.9 Å². The van der Waals surface area contributed by atoms with E-state index in [2.05, 4.69) is 26.2 Å². The number of aromatic nitrogens is 2. The first kappa shape index (κ1) is 22.3. The Kier molecular flexibility index (Phi) is 6.41. The molecule has 1 aliphatic rings. The van der Waals surface area contributed by atoms with Crippen LogP contribution in [0.5, 0.6) is 5.75 Å². The largest absolute Gasteiger partial charge is 0.497 e. The molecule has 6 heteroatoms. The highest BCUT2D eigenvalue weighted by molar-refractivity contribution is 9.10. The number of nitrogens with zero attached hydrogens (tertiary/aromatic N) is 2. The van der Waals surface area contributed by atoms with E-state index in [0.29, 0.717) is 17.1 Å². The Morgan fingerprint density at radius 2 is 1.79 bits per heavy atom. The van der Waals surface area contributed by atoms with E-state index in [0.717, 1.165) is 39.5 Å². The van der Waals surface area contributed by atoms with E-state index in [1.165, 1.54) is 24.0 Å². The van der Waals surface area contributed by atoms with Gasteiger partial charge in [0.25, 0.3) is 5.91 Å². The SMILES string of the molecule is COc1ccc(/C=C/c2cc(C(=O)Nc3cc4c(cn3)CCCC4)c3cc(Br)ccc3n2)cc1. The normalized spacial score (nSPS) is 13.1. The van der Waals surface area contributed by atoms with Crippen molar-refractivity contribution in [2.45, 2.75) is 25.7 Å². The number of rotatable bonds is 5. The van der Waals surface area contributed by atoms with Crippen molar-refractivity contribution in [1.29, 1.82) is 0 Å². The summed E-state index contributed by atoms with van der Waals surface area (Å²) in [5.41, 5.74) is 5.59. The van der Waals surface area contributed by atoms with Crippen LogP contribution in [0, 0.1) is 0 Å². The summed E-state index contributed by atoms with van der Waals surface area (Å²) in [5, 5.41) is 3.79. The number of pyridine rings is 2. The molecule has 2 aromatic heterocycles. The van der Waals surface area contributed by atoms with Crippen LogP contribution in [0.1, 0.15) is 45.6 Å². The first-order chi connectivity index (χ1) is 16.6. The van der Waals surface area contributed by atoms with E-state index >= 15 is 0 Å². The Bertz CT molecular complexity index is 1400. The smallest absolute Gasteiger partial charge is 0.257 e. The molecule has 0 fully saturated rings. The number of carbonyl (C=O) groups excluding carboxylic acids is 1. The minimum atomic E-state index is -0.201. The van der Waals surface area contributed by atoms with Crippen LogP contribution in [0.4, 0.5) is 5.82 Å². The lowest BCUT2D eigenvalue weighted by atomic mass is 9.93. The predicted molar refractivity (Wildman–Crippen MR) is 140 cm³/mol. The molecule has 1 N–H and O–H groups in total. The molecular formula is C28H24BrN3O2. The number of aryl methyl sites for hydroxylation is 2. The highest BCUT2D eigenvalue weighted by Gasteiger charge is 2.16. The number of nitrogens with one attached hydrogen (secondary N) is 1. The predicted octanol–water partition coefficient (Wildman–Crippen LogP) is 6.70. The fraction of sp³-hybridized carbons (Fsp3) is 0.179. The molecule has 0 saturated heterocycles. The fourth-order valence-corrected chi connectivity index (χ4v) is 4.62. The number of anilines is 1. The molecule has 2 aromatic carbocycles. The molecule has 1 amide bonds. The second-order valence-corrected chi connectivity index (χ2v) is 9.28. The second-order valence-electron chi connectivity index (χ2n) is 8.36. The Morgan fingerprint density at radius 1 is 1.00 bits per heavy atom. The number of hydrogen-bond donors (Lipinski definition) is 1. The van der Waals surface area contributed by atoms with E-state index in [9.17, 15) is 4.79 Å². The van der Waals surface area contributed by atoms with Gasteiger partial charge in [-0.15, -0.1) is 0 Å². The number of methoxy groups -OCH3 is 1. The zero-order valence-corrected chi connectivity index (χ0v) is 20.4. The van der Waals surface area contributed by atoms with Gasteiger partial charge in [0.1, 0.15) is 11.6 Å². The van der Waals surface area contributed by atoms with Crippen molar-refractivity contribution >= 4 is 50.7 Å². The summed E-state index contributed by atoms with van der Waals surface area (Å²) in [6.07, 6.45) is 10.3. The van der Waals surface area contributed by atoms with Gasteiger partial charge in [0.15, 0.2) is 0 Å². The van der Waals surface area contributed by atoms with Gasteiger partial charge >= 0.3 is 0 Å². The fourth-order valence-electron chi connectivity index (χ4n) is 4.25. The van der Waals surface area contributed by atoms with Crippen molar-refractivity contribution in [1.82, 2.24) is 9.97 Å². The van der Waals surface area contributed by atoms with Gasteiger partial charge in [0, 0.05) is 16.1 Å². The average molecular weight is 514 g/mol. The maximum atomic E-state index is 13.4. The maximum Gasteiger partial charge on any atom is 0.257 e. The number of halogens is 1. The third-order valence-corrected chi connectivity index (χ3v) is 6.56. The molecule has 0 aliphatic heterocycles. The Morgan fingerprint density at radius 3 is 2.59 bits per heavy atom. The van der Waals surface area contributed by atoms with Crippen molar-refractivity contribution in [3.8, 4) is 5.75 Å². The Balaban J connectivity index is 1.47. The maximum absolute atomic E-state index is 13.4. The van der Waals surface area contributed by atoms with Crippen molar-refractivity contribution in [3.63, 3.8) is 0 Å². The number of fused-ring (bicyclic) bond motifs is 2. The third kappa shape index (κ3) is 4.87. The lowest BCUT2D eigenvalue weighted by Crippen LogP contribution is -2.15. The van der Waals surface area contributed by atoms with Crippen LogP contribution in [0.15, 0.2) is 65.3 Å². The lowest BCUT2D eigenvalue weighted by molar-refractivity contribution is 0.102. The molecule has 4 aromatic rings. The molecular weight excluding hydrogens is 490 g/mol. The van der Waals surface area contributed by atoms with E-state index in [-0.39, 0.29) is 5.91 Å². The molecule has 1 aliphatic carbocycles. The molecule has 0 spiro atoms. The Labute approximate surface area is 207 Å². The minimum absolute atomic E-state index is 0.201. The van der Waals surface area contributed by atoms with Crippen LogP contribution >= 0.6 is 15.9 Å². The minimum Gasteiger partial charge on any atom is -0.497 e. The van der Waals surface area contributed by atoms with Crippen LogP contribution in [0.3, 0.4) is 0 Å². The summed E-state index contributed by atoms with van der Waals surface area (Å²) in [6.45, 7) is 0. The number of carbonyl (C=O) groups is 1. The van der Waals surface area contributed by atoms with Gasteiger partial charge in [-0.05, 0) is 90.9 Å². The van der Waals surface area contributed by atoms with Crippen LogP contribution in [0.25, 0.3) is 23.1 Å². The molecule has 5 nitrogen and oxygen atoms in total. The van der Waals surface area contributed by atoms with E-state index in [4.69, 9.17) is 9.72 Å². The van der Waals surface area contributed by atoms with Crippen molar-refractivity contribution in [2.24, 2.45) is 0 Å². The Hall–Kier alpha value is -3.51. The van der Waals surface area contributed by atoms with Gasteiger partial charge in [-0.3, -0.25) is 4.79 Å². The zero-order valence-electron chi connectivity index (χ0n) is 18.8. The number of amides is 1. The molecule has 0 atom stereocenters. The monoisotopic (exact) mass is 513 g/mol. The highest BCUT2D eigenvalue weighted by Crippen LogP contribution is 2.26. The molecule has 34 heavy (non-hydrogen) atoms. The number of benzene rings is 2. The zero-order chi connectivity index (χ0) is 23.5. The van der Waals surface area contributed by atoms with Crippen molar-refractivity contribution in [3.05, 3.63) is 93.2 Å². The number of hydrogen-bond acceptors (Lipinski definition) is 4. The van der Waals surface area contributed by atoms with E-state index < -0.39 is 0 Å². The summed E-state index contributed by atoms with van der Waals surface area (Å²) in [7, 11) is 1.65. The molecule has 2 heterocycles. The highest BCUT2D eigenvalue weighted by atomic mass is 79.9. The number of ether oxygens (including phenoxy) is 1. The molecule has 0 radical (unpaired) electrons. The van der Waals surface area contributed by atoms with Gasteiger partial charge in [-0.25, -0.2) is 9.97 Å². The first-order valence-electron chi connectivity index (χ1n) is 11.3. The first-order valence-corrected chi connectivity index (χ1v) is 12.1. The van der Waals surface area contributed by atoms with Crippen LogP contribution in [0.2, 0.25) is 0 Å². The molecule has 0 bridgehead atoms. The van der Waals surface area contributed by atoms with Crippen molar-refractivity contribution < 1.29 is 9.53 Å². The molecule has 0 saturated carbocycles. The summed E-state index contributed by atoms with van der Waals surface area (Å²) in [6, 6.07) is 17.4. The summed E-state index contributed by atoms with van der Waals surface area (Å²) < 4.78 is 6.11. The van der Waals surface area contributed by atoms with Gasteiger partial charge in [0.05, 0.1) is 23.9 Å². The average Bonchev–Trinajstić information content (AvgIpc) is 2.87. The van der Waals surface area contributed by atoms with Gasteiger partial charge in [-0.1, -0.05) is 34.1 Å². The van der Waals surface area contributed by atoms with Gasteiger partial charge < -0.3 is 10.1 Å². The summed E-state index contributed by atoms with van der Waals surface area (Å²) >= 11 is 3.52. The third-order valence-electron chi connectivity index (χ3n) is 6.06. The van der Waals surface area contributed by atoms with Gasteiger partial charge in [0.2, 0.25) is 0 Å². The quantitative estimate of drug-likeness (QED) is 0.322. The standard InChI is InChI=1S/C28H24BrN3O2/c1-34-23-11-7-18(8-12-23)6-10-22-16-25(24-15-21(29)9-13-26(24)31-22)28(33)32-27-14-19-4-2-3-5-20(19)17-30-27/h6-17H,2-5H2,1H3,(H,30,32,33)/b10-6+. The van der Waals surface area contributed by atoms with Crippen molar-refractivity contribution in [2.75, 3.05) is 12.4 Å². The molecule has 0 unspecified atom stereocenters. The summed E-state index contributed by atoms with van der Waals surface area (Å²) in [4.78, 5) is 22.6. The topological polar surface area (TPSA) is 64.1 Å². The van der Waals surface area contributed by atoms with Crippen LogP contribution in [-0.4, -0.2) is 23.0 Å². The van der Waals surface area contributed by atoms with E-state index in [1.54, 1.807) is 7.11 Å². The van der Waals surface area contributed by atoms with Crippen LogP contribution in [-0.2, 0) is 12.8 Å². The van der Waals surface area contributed by atoms with Crippen LogP contribution < -0.4 is 10.1 Å². The summed E-state index contributed by atoms with van der Waals surface area (Å²) in [5.74, 6) is 1.19. The van der Waals surface area contributed by atoms with Gasteiger partial charge in [-0.2, -0.15) is 0 Å². The molecule has 170 valence electrons. The second kappa shape index (κ2) is 9.77. The lowest BCUT2D eigenvalue weighted by Gasteiger charge is -2.16.